The van der Waals surface area contributed by atoms with Crippen molar-refractivity contribution in [3.05, 3.63) is 101 Å². The Labute approximate surface area is 159 Å². The predicted molar refractivity (Wildman–Crippen MR) is 109 cm³/mol. The molecule has 0 spiro atoms. The molecule has 0 radical (unpaired) electrons. The number of aryl methyl sites for hydroxylation is 2. The molecule has 0 aromatic heterocycles. The maximum absolute atomic E-state index is 14.1. The van der Waals surface area contributed by atoms with Crippen molar-refractivity contribution in [2.24, 2.45) is 0 Å². The van der Waals surface area contributed by atoms with Crippen LogP contribution in [-0.4, -0.2) is 11.0 Å². The van der Waals surface area contributed by atoms with Crippen LogP contribution in [0.4, 0.5) is 0 Å². The minimum absolute atomic E-state index is 0.268. The van der Waals surface area contributed by atoms with E-state index in [2.05, 4.69) is 0 Å². The fourth-order valence-electron chi connectivity index (χ4n) is 3.16. The normalized spacial score (nSPS) is 13.0. The van der Waals surface area contributed by atoms with Gasteiger partial charge in [0.25, 0.3) is 0 Å². The van der Waals surface area contributed by atoms with Crippen molar-refractivity contribution in [2.45, 2.75) is 20.8 Å². The molecule has 0 fully saturated rings. The molecule has 0 N–H and O–H groups in total. The Balaban J connectivity index is 2.27. The first-order chi connectivity index (χ1) is 12.9. The van der Waals surface area contributed by atoms with Crippen LogP contribution in [0.3, 0.4) is 0 Å². The van der Waals surface area contributed by atoms with Crippen LogP contribution in [0.25, 0.3) is 0 Å². The molecule has 4 heteroatoms. The van der Waals surface area contributed by atoms with E-state index in [-0.39, 0.29) is 10.9 Å². The van der Waals surface area contributed by atoms with Crippen molar-refractivity contribution in [1.29, 1.82) is 0 Å². The lowest BCUT2D eigenvalue weighted by Gasteiger charge is -2.19. The van der Waals surface area contributed by atoms with E-state index >= 15 is 0 Å². The van der Waals surface area contributed by atoms with Crippen molar-refractivity contribution in [3.63, 3.8) is 0 Å². The van der Waals surface area contributed by atoms with Gasteiger partial charge in [-0.1, -0.05) is 72.8 Å². The highest BCUT2D eigenvalue weighted by molar-refractivity contribution is 8.01. The summed E-state index contributed by atoms with van der Waals surface area (Å²) in [5.41, 5.74) is 1.85. The summed E-state index contributed by atoms with van der Waals surface area (Å²) < 4.78 is 14.1. The molecule has 3 aromatic carbocycles. The third kappa shape index (κ3) is 3.31. The molecule has 0 aliphatic carbocycles. The summed E-state index contributed by atoms with van der Waals surface area (Å²) in [5, 5.41) is 0.268. The molecule has 3 rings (SSSR count). The molecule has 1 atom stereocenters. The van der Waals surface area contributed by atoms with Crippen molar-refractivity contribution < 1.29 is 14.2 Å². The van der Waals surface area contributed by atoms with E-state index in [4.69, 9.17) is 0 Å². The van der Waals surface area contributed by atoms with Crippen LogP contribution in [0.15, 0.2) is 72.8 Å². The van der Waals surface area contributed by atoms with Crippen LogP contribution in [0.2, 0.25) is 0 Å². The van der Waals surface area contributed by atoms with Crippen LogP contribution < -0.4 is 5.30 Å². The Kier molecular flexibility index (Phi) is 5.25. The molecule has 0 heterocycles. The zero-order chi connectivity index (χ0) is 19.6. The van der Waals surface area contributed by atoms with E-state index in [1.165, 1.54) is 0 Å². The first kappa shape index (κ1) is 19.0. The summed E-state index contributed by atoms with van der Waals surface area (Å²) >= 11 is 0. The average molecular weight is 376 g/mol. The number of benzene rings is 3. The summed E-state index contributed by atoms with van der Waals surface area (Å²) in [5.74, 6) is 0. The zero-order valence-electron chi connectivity index (χ0n) is 15.6. The third-order valence-corrected chi connectivity index (χ3v) is 7.52. The highest BCUT2D eigenvalue weighted by Crippen LogP contribution is 2.51. The maximum Gasteiger partial charge on any atom is 0.248 e. The van der Waals surface area contributed by atoms with Gasteiger partial charge in [-0.3, -0.25) is 9.59 Å². The number of rotatable bonds is 5. The molecule has 0 aliphatic rings. The van der Waals surface area contributed by atoms with Crippen LogP contribution in [0.1, 0.15) is 37.4 Å². The fourth-order valence-corrected chi connectivity index (χ4v) is 5.58. The first-order valence-electron chi connectivity index (χ1n) is 8.74. The van der Waals surface area contributed by atoms with Gasteiger partial charge in [0.2, 0.25) is 18.2 Å². The summed E-state index contributed by atoms with van der Waals surface area (Å²) in [6, 6.07) is 20.5. The minimum atomic E-state index is -4.05. The van der Waals surface area contributed by atoms with Crippen LogP contribution in [0.5, 0.6) is 0 Å². The van der Waals surface area contributed by atoms with Gasteiger partial charge in [0.15, 0.2) is 0 Å². The van der Waals surface area contributed by atoms with Gasteiger partial charge >= 0.3 is 0 Å². The third-order valence-electron chi connectivity index (χ3n) is 4.87. The number of hydrogen-bond acceptors (Lipinski definition) is 3. The summed E-state index contributed by atoms with van der Waals surface area (Å²) in [7, 11) is -4.05. The van der Waals surface area contributed by atoms with Gasteiger partial charge < -0.3 is 4.57 Å². The van der Waals surface area contributed by atoms with Crippen LogP contribution >= 0.6 is 7.14 Å². The quantitative estimate of drug-likeness (QED) is 0.569. The van der Waals surface area contributed by atoms with Gasteiger partial charge in [0.1, 0.15) is 0 Å². The molecule has 1 unspecified atom stereocenters. The largest absolute Gasteiger partial charge is 0.302 e. The molecule has 0 saturated heterocycles. The SMILES string of the molecule is Cc1ccc(C)c(C(=O)P(=O)(C(=O)c2ccccc2)c2ccccc2)c1C. The molecule has 136 valence electrons. The minimum Gasteiger partial charge on any atom is -0.302 e. The second-order valence-electron chi connectivity index (χ2n) is 6.62. The molecule has 0 saturated carbocycles. The molecule has 0 aliphatic heterocycles. The second-order valence-corrected chi connectivity index (χ2v) is 9.17. The highest BCUT2D eigenvalue weighted by atomic mass is 31.2. The lowest BCUT2D eigenvalue weighted by molar-refractivity contribution is 0.104. The summed E-state index contributed by atoms with van der Waals surface area (Å²) in [4.78, 5) is 26.9. The van der Waals surface area contributed by atoms with E-state index in [1.807, 2.05) is 32.9 Å². The molecule has 27 heavy (non-hydrogen) atoms. The number of carbonyl (C=O) groups is 2. The van der Waals surface area contributed by atoms with Gasteiger partial charge in [0, 0.05) is 16.4 Å². The van der Waals surface area contributed by atoms with Gasteiger partial charge in [0.05, 0.1) is 0 Å². The molecule has 0 amide bonds. The van der Waals surface area contributed by atoms with Crippen molar-refractivity contribution >= 4 is 23.5 Å². The molecule has 3 aromatic rings. The highest BCUT2D eigenvalue weighted by Gasteiger charge is 2.43. The van der Waals surface area contributed by atoms with Crippen molar-refractivity contribution in [3.8, 4) is 0 Å². The Morgan fingerprint density at radius 1 is 0.667 bits per heavy atom. The molecule has 0 bridgehead atoms. The van der Waals surface area contributed by atoms with Crippen LogP contribution in [-0.2, 0) is 4.57 Å². The number of hydrogen-bond donors (Lipinski definition) is 0. The molecular weight excluding hydrogens is 355 g/mol. The van der Waals surface area contributed by atoms with E-state index in [1.54, 1.807) is 60.7 Å². The number of carbonyl (C=O) groups excluding carboxylic acids is 2. The lowest BCUT2D eigenvalue weighted by Crippen LogP contribution is -2.22. The smallest absolute Gasteiger partial charge is 0.248 e. The van der Waals surface area contributed by atoms with E-state index in [9.17, 15) is 14.2 Å². The Morgan fingerprint density at radius 2 is 1.19 bits per heavy atom. The van der Waals surface area contributed by atoms with Gasteiger partial charge in [-0.15, -0.1) is 0 Å². The molecular formula is C23H21O3P. The Hall–Kier alpha value is -2.77. The Bertz CT molecular complexity index is 1050. The summed E-state index contributed by atoms with van der Waals surface area (Å²) in [6.45, 7) is 5.54. The van der Waals surface area contributed by atoms with Crippen molar-refractivity contribution in [1.82, 2.24) is 0 Å². The average Bonchev–Trinajstić information content (AvgIpc) is 2.71. The topological polar surface area (TPSA) is 51.2 Å². The van der Waals surface area contributed by atoms with E-state index in [0.717, 1.165) is 16.7 Å². The van der Waals surface area contributed by atoms with E-state index in [0.29, 0.717) is 5.56 Å². The van der Waals surface area contributed by atoms with Gasteiger partial charge in [-0.2, -0.15) is 0 Å². The fraction of sp³-hybridized carbons (Fsp3) is 0.130. The summed E-state index contributed by atoms with van der Waals surface area (Å²) in [6.07, 6.45) is 0. The Morgan fingerprint density at radius 3 is 1.78 bits per heavy atom. The monoisotopic (exact) mass is 376 g/mol. The van der Waals surface area contributed by atoms with Crippen molar-refractivity contribution in [2.75, 3.05) is 0 Å². The zero-order valence-corrected chi connectivity index (χ0v) is 16.5. The predicted octanol–water partition coefficient (Wildman–Crippen LogP) is 5.28. The maximum atomic E-state index is 14.1. The second kappa shape index (κ2) is 7.46. The van der Waals surface area contributed by atoms with Gasteiger partial charge in [-0.05, 0) is 37.5 Å². The van der Waals surface area contributed by atoms with E-state index < -0.39 is 18.2 Å². The van der Waals surface area contributed by atoms with Crippen LogP contribution in [0, 0.1) is 20.8 Å². The first-order valence-corrected chi connectivity index (χ1v) is 10.5. The lowest BCUT2D eigenvalue weighted by atomic mass is 9.99. The standard InChI is InChI=1S/C23H21O3P/c1-16-14-15-17(2)21(18(16)3)23(25)27(26,20-12-8-5-9-13-20)22(24)19-10-6-4-7-11-19/h4-15H,1-3H3. The van der Waals surface area contributed by atoms with Gasteiger partial charge in [-0.25, -0.2) is 0 Å². The molecule has 3 nitrogen and oxygen atoms in total.